The van der Waals surface area contributed by atoms with Gasteiger partial charge >= 0.3 is 5.97 Å². The van der Waals surface area contributed by atoms with Gasteiger partial charge in [-0.15, -0.1) is 0 Å². The number of rotatable bonds is 3. The van der Waals surface area contributed by atoms with Crippen LogP contribution in [0.3, 0.4) is 0 Å². The van der Waals surface area contributed by atoms with Crippen LogP contribution in [0.4, 0.5) is 5.69 Å². The third kappa shape index (κ3) is 2.95. The molecule has 0 spiro atoms. The Kier molecular flexibility index (Phi) is 4.24. The molecule has 140 valence electrons. The molecule has 1 heterocycles. The summed E-state index contributed by atoms with van der Waals surface area (Å²) >= 11 is 0. The molecular weight excluding hydrogens is 358 g/mol. The quantitative estimate of drug-likeness (QED) is 0.318. The molecule has 0 amide bonds. The maximum absolute atomic E-state index is 12.6. The third-order valence-electron chi connectivity index (χ3n) is 4.49. The van der Waals surface area contributed by atoms with Gasteiger partial charge in [-0.25, -0.2) is 4.79 Å². The highest BCUT2D eigenvalue weighted by Gasteiger charge is 2.22. The third-order valence-corrected chi connectivity index (χ3v) is 4.49. The number of phenolic OH excluding ortho intramolecular Hbond substituents is 1. The highest BCUT2D eigenvalue weighted by Crippen LogP contribution is 2.42. The van der Waals surface area contributed by atoms with Gasteiger partial charge < -0.3 is 20.0 Å². The van der Waals surface area contributed by atoms with Gasteiger partial charge in [-0.3, -0.25) is 4.79 Å². The highest BCUT2D eigenvalue weighted by atomic mass is 16.5. The number of benzene rings is 3. The lowest BCUT2D eigenvalue weighted by Crippen LogP contribution is -2.08. The molecular formula is C22H17NO5. The summed E-state index contributed by atoms with van der Waals surface area (Å²) in [6.45, 7) is 1.97. The zero-order valence-electron chi connectivity index (χ0n) is 15.1. The minimum Gasteiger partial charge on any atom is -0.508 e. The Morgan fingerprint density at radius 1 is 1.07 bits per heavy atom. The van der Waals surface area contributed by atoms with E-state index in [1.807, 2.05) is 0 Å². The van der Waals surface area contributed by atoms with E-state index in [1.165, 1.54) is 24.3 Å². The Labute approximate surface area is 160 Å². The number of esters is 1. The SMILES string of the molecule is CCOC(=O)c1ccc(N)cc1-c1c2ccc(=O)cc-2oc2cc(O)ccc12. The first-order valence-electron chi connectivity index (χ1n) is 8.74. The van der Waals surface area contributed by atoms with Crippen molar-refractivity contribution >= 4 is 22.6 Å². The molecule has 0 saturated heterocycles. The molecule has 0 unspecified atom stereocenters. The number of aromatic hydroxyl groups is 1. The van der Waals surface area contributed by atoms with Gasteiger partial charge in [0.25, 0.3) is 0 Å². The number of fused-ring (bicyclic) bond motifs is 2. The van der Waals surface area contributed by atoms with Crippen LogP contribution in [0.1, 0.15) is 17.3 Å². The average Bonchev–Trinajstić information content (AvgIpc) is 2.66. The van der Waals surface area contributed by atoms with E-state index in [9.17, 15) is 14.7 Å². The fraction of sp³-hybridized carbons (Fsp3) is 0.0909. The number of phenols is 1. The van der Waals surface area contributed by atoms with Gasteiger partial charge in [0.15, 0.2) is 5.43 Å². The summed E-state index contributed by atoms with van der Waals surface area (Å²) < 4.78 is 11.0. The lowest BCUT2D eigenvalue weighted by atomic mass is 9.90. The van der Waals surface area contributed by atoms with Crippen molar-refractivity contribution in [3.05, 3.63) is 70.4 Å². The Hall–Kier alpha value is -3.80. The highest BCUT2D eigenvalue weighted by molar-refractivity contribution is 6.08. The van der Waals surface area contributed by atoms with Crippen molar-refractivity contribution in [3.63, 3.8) is 0 Å². The second-order valence-corrected chi connectivity index (χ2v) is 6.34. The van der Waals surface area contributed by atoms with Crippen LogP contribution in [0.5, 0.6) is 5.75 Å². The first kappa shape index (κ1) is 17.6. The molecule has 6 nitrogen and oxygen atoms in total. The molecule has 3 N–H and O–H groups in total. The van der Waals surface area contributed by atoms with Crippen LogP contribution < -0.4 is 11.2 Å². The Bertz CT molecular complexity index is 1240. The van der Waals surface area contributed by atoms with Gasteiger partial charge in [-0.1, -0.05) is 0 Å². The molecule has 0 bridgehead atoms. The van der Waals surface area contributed by atoms with E-state index in [2.05, 4.69) is 0 Å². The van der Waals surface area contributed by atoms with E-state index in [1.54, 1.807) is 37.3 Å². The molecule has 6 heteroatoms. The summed E-state index contributed by atoms with van der Waals surface area (Å²) in [6.07, 6.45) is 0. The van der Waals surface area contributed by atoms with E-state index in [0.717, 1.165) is 0 Å². The standard InChI is InChI=1S/C22H17NO5/c1-2-27-22(26)15-6-3-12(23)9-18(15)21-16-7-4-13(24)10-19(16)28-20-11-14(25)5-8-17(20)21/h3-11,24H,2,23H2,1H3. The van der Waals surface area contributed by atoms with Gasteiger partial charge in [0.05, 0.1) is 12.2 Å². The normalized spacial score (nSPS) is 11.0. The number of nitrogens with two attached hydrogens (primary N) is 1. The van der Waals surface area contributed by atoms with Crippen LogP contribution in [-0.2, 0) is 4.74 Å². The van der Waals surface area contributed by atoms with Gasteiger partial charge in [0.1, 0.15) is 17.1 Å². The molecule has 0 atom stereocenters. The molecule has 4 rings (SSSR count). The molecule has 0 aromatic heterocycles. The molecule has 0 fully saturated rings. The monoisotopic (exact) mass is 375 g/mol. The van der Waals surface area contributed by atoms with Crippen molar-refractivity contribution in [2.45, 2.75) is 6.92 Å². The number of carbonyl (C=O) groups excluding carboxylic acids is 1. The van der Waals surface area contributed by atoms with Crippen LogP contribution in [0.15, 0.2) is 63.8 Å². The van der Waals surface area contributed by atoms with Crippen molar-refractivity contribution in [2.75, 3.05) is 12.3 Å². The number of ether oxygens (including phenoxy) is 1. The fourth-order valence-corrected chi connectivity index (χ4v) is 3.30. The maximum Gasteiger partial charge on any atom is 0.338 e. The Balaban J connectivity index is 2.15. The van der Waals surface area contributed by atoms with Crippen LogP contribution in [0.25, 0.3) is 33.4 Å². The first-order chi connectivity index (χ1) is 13.5. The summed E-state index contributed by atoms with van der Waals surface area (Å²) in [7, 11) is 0. The second-order valence-electron chi connectivity index (χ2n) is 6.34. The maximum atomic E-state index is 12.6. The average molecular weight is 375 g/mol. The van der Waals surface area contributed by atoms with E-state index < -0.39 is 5.97 Å². The summed E-state index contributed by atoms with van der Waals surface area (Å²) in [4.78, 5) is 24.4. The molecule has 1 aliphatic heterocycles. The molecule has 1 aliphatic carbocycles. The van der Waals surface area contributed by atoms with Crippen molar-refractivity contribution in [3.8, 4) is 28.2 Å². The zero-order valence-corrected chi connectivity index (χ0v) is 15.1. The van der Waals surface area contributed by atoms with Gasteiger partial charge in [-0.2, -0.15) is 0 Å². The van der Waals surface area contributed by atoms with Crippen LogP contribution in [0.2, 0.25) is 0 Å². The predicted octanol–water partition coefficient (Wildman–Crippen LogP) is 4.03. The predicted molar refractivity (Wildman–Crippen MR) is 107 cm³/mol. The van der Waals surface area contributed by atoms with Gasteiger partial charge in [-0.05, 0) is 55.0 Å². The van der Waals surface area contributed by atoms with Crippen LogP contribution in [0, 0.1) is 0 Å². The topological polar surface area (TPSA) is 103 Å². The molecule has 2 aromatic rings. The Morgan fingerprint density at radius 3 is 2.68 bits per heavy atom. The minimum absolute atomic E-state index is 0.0259. The number of anilines is 1. The van der Waals surface area contributed by atoms with Gasteiger partial charge in [0.2, 0.25) is 0 Å². The first-order valence-corrected chi connectivity index (χ1v) is 8.74. The number of hydrogen-bond acceptors (Lipinski definition) is 6. The summed E-state index contributed by atoms with van der Waals surface area (Å²) in [5.74, 6) is -0.102. The smallest absolute Gasteiger partial charge is 0.338 e. The van der Waals surface area contributed by atoms with E-state index >= 15 is 0 Å². The van der Waals surface area contributed by atoms with Crippen molar-refractivity contribution < 1.29 is 19.1 Å². The molecule has 0 radical (unpaired) electrons. The van der Waals surface area contributed by atoms with Crippen LogP contribution >= 0.6 is 0 Å². The summed E-state index contributed by atoms with van der Waals surface area (Å²) in [5.41, 5.74) is 8.89. The number of hydrogen-bond donors (Lipinski definition) is 2. The summed E-state index contributed by atoms with van der Waals surface area (Å²) in [6, 6.07) is 14.1. The lowest BCUT2D eigenvalue weighted by molar-refractivity contribution is 0.0527. The Morgan fingerprint density at radius 2 is 1.89 bits per heavy atom. The fourth-order valence-electron chi connectivity index (χ4n) is 3.30. The van der Waals surface area contributed by atoms with Crippen LogP contribution in [-0.4, -0.2) is 17.7 Å². The number of nitrogen functional groups attached to an aromatic ring is 1. The van der Waals surface area contributed by atoms with E-state index in [0.29, 0.717) is 44.7 Å². The van der Waals surface area contributed by atoms with E-state index in [-0.39, 0.29) is 17.8 Å². The summed E-state index contributed by atoms with van der Waals surface area (Å²) in [5, 5.41) is 10.5. The molecule has 2 aromatic carbocycles. The molecule has 0 saturated carbocycles. The second kappa shape index (κ2) is 6.74. The van der Waals surface area contributed by atoms with Crippen molar-refractivity contribution in [1.29, 1.82) is 0 Å². The van der Waals surface area contributed by atoms with E-state index in [4.69, 9.17) is 14.9 Å². The molecule has 28 heavy (non-hydrogen) atoms. The zero-order chi connectivity index (χ0) is 19.8. The van der Waals surface area contributed by atoms with Gasteiger partial charge in [0, 0.05) is 34.3 Å². The minimum atomic E-state index is -0.473. The van der Waals surface area contributed by atoms with Crippen molar-refractivity contribution in [1.82, 2.24) is 0 Å². The number of carbonyl (C=O) groups is 1. The molecule has 2 aliphatic rings. The van der Waals surface area contributed by atoms with Crippen molar-refractivity contribution in [2.24, 2.45) is 0 Å². The largest absolute Gasteiger partial charge is 0.508 e. The lowest BCUT2D eigenvalue weighted by Gasteiger charge is -2.17.